The third kappa shape index (κ3) is 6.53. The second-order valence-corrected chi connectivity index (χ2v) is 8.36. The third-order valence-electron chi connectivity index (χ3n) is 3.97. The Balaban J connectivity index is 2.60. The summed E-state index contributed by atoms with van der Waals surface area (Å²) in [5.74, 6) is 0. The maximum absolute atomic E-state index is 12.2. The Labute approximate surface area is 135 Å². The van der Waals surface area contributed by atoms with E-state index in [4.69, 9.17) is 4.74 Å². The normalized spacial score (nSPS) is 21.6. The molecule has 1 amide bonds. The summed E-state index contributed by atoms with van der Waals surface area (Å²) >= 11 is 0. The molecule has 0 aromatic rings. The standard InChI is InChI=1S/C17H34N2O3/c1-16(2,3)14(9-11-20)18-13-8-7-10-19(12-13)15(21)22-17(4,5)6/h13-14,18,20H,7-12H2,1-6H3. The summed E-state index contributed by atoms with van der Waals surface area (Å²) in [4.78, 5) is 14.0. The first-order chi connectivity index (χ1) is 10.0. The van der Waals surface area contributed by atoms with Crippen LogP contribution in [-0.4, -0.2) is 53.5 Å². The van der Waals surface area contributed by atoms with E-state index in [2.05, 4.69) is 26.1 Å². The number of nitrogens with zero attached hydrogens (tertiary/aromatic N) is 1. The fourth-order valence-electron chi connectivity index (χ4n) is 2.79. The minimum atomic E-state index is -0.456. The molecule has 22 heavy (non-hydrogen) atoms. The molecular weight excluding hydrogens is 280 g/mol. The van der Waals surface area contributed by atoms with Gasteiger partial charge in [0.2, 0.25) is 0 Å². The van der Waals surface area contributed by atoms with Gasteiger partial charge in [0.1, 0.15) is 5.60 Å². The molecule has 1 saturated heterocycles. The SMILES string of the molecule is CC(C)(C)OC(=O)N1CCCC(NC(CCO)C(C)(C)C)C1. The molecule has 0 bridgehead atoms. The second-order valence-electron chi connectivity index (χ2n) is 8.36. The molecule has 0 spiro atoms. The maximum Gasteiger partial charge on any atom is 0.410 e. The Kier molecular flexibility index (Phi) is 6.68. The number of rotatable bonds is 4. The minimum Gasteiger partial charge on any atom is -0.444 e. The van der Waals surface area contributed by atoms with E-state index in [1.54, 1.807) is 4.90 Å². The van der Waals surface area contributed by atoms with Gasteiger partial charge in [-0.15, -0.1) is 0 Å². The molecule has 5 heteroatoms. The fourth-order valence-corrected chi connectivity index (χ4v) is 2.79. The predicted octanol–water partition coefficient (Wildman–Crippen LogP) is 2.77. The monoisotopic (exact) mass is 314 g/mol. The zero-order chi connectivity index (χ0) is 17.0. The molecule has 0 aromatic carbocycles. The molecule has 2 atom stereocenters. The van der Waals surface area contributed by atoms with Crippen molar-refractivity contribution in [3.63, 3.8) is 0 Å². The van der Waals surface area contributed by atoms with Crippen LogP contribution in [0.5, 0.6) is 0 Å². The van der Waals surface area contributed by atoms with Crippen molar-refractivity contribution < 1.29 is 14.6 Å². The van der Waals surface area contributed by atoms with Gasteiger partial charge < -0.3 is 20.1 Å². The van der Waals surface area contributed by atoms with Crippen LogP contribution in [0, 0.1) is 5.41 Å². The summed E-state index contributed by atoms with van der Waals surface area (Å²) < 4.78 is 5.46. The maximum atomic E-state index is 12.2. The Morgan fingerprint density at radius 3 is 2.45 bits per heavy atom. The van der Waals surface area contributed by atoms with Crippen molar-refractivity contribution in [1.82, 2.24) is 10.2 Å². The van der Waals surface area contributed by atoms with Crippen LogP contribution in [0.15, 0.2) is 0 Å². The molecule has 2 unspecified atom stereocenters. The van der Waals surface area contributed by atoms with Gasteiger partial charge >= 0.3 is 6.09 Å². The molecule has 0 saturated carbocycles. The topological polar surface area (TPSA) is 61.8 Å². The molecule has 130 valence electrons. The number of carbonyl (C=O) groups is 1. The largest absolute Gasteiger partial charge is 0.444 e. The van der Waals surface area contributed by atoms with Gasteiger partial charge in [0, 0.05) is 31.8 Å². The van der Waals surface area contributed by atoms with Gasteiger partial charge in [-0.3, -0.25) is 0 Å². The van der Waals surface area contributed by atoms with E-state index < -0.39 is 5.60 Å². The number of aliphatic hydroxyl groups is 1. The first kappa shape index (κ1) is 19.2. The molecule has 5 nitrogen and oxygen atoms in total. The Hall–Kier alpha value is -0.810. The van der Waals surface area contributed by atoms with E-state index in [1.807, 2.05) is 20.8 Å². The molecule has 0 radical (unpaired) electrons. The van der Waals surface area contributed by atoms with Crippen LogP contribution in [-0.2, 0) is 4.74 Å². The highest BCUT2D eigenvalue weighted by molar-refractivity contribution is 5.68. The number of carbonyl (C=O) groups excluding carboxylic acids is 1. The molecule has 1 aliphatic rings. The van der Waals surface area contributed by atoms with E-state index >= 15 is 0 Å². The van der Waals surface area contributed by atoms with Crippen molar-refractivity contribution in [1.29, 1.82) is 0 Å². The molecule has 1 heterocycles. The van der Waals surface area contributed by atoms with Crippen LogP contribution >= 0.6 is 0 Å². The number of amides is 1. The summed E-state index contributed by atoms with van der Waals surface area (Å²) in [5, 5.41) is 12.9. The third-order valence-corrected chi connectivity index (χ3v) is 3.97. The lowest BCUT2D eigenvalue weighted by molar-refractivity contribution is 0.0173. The number of likely N-dealkylation sites (tertiary alicyclic amines) is 1. The highest BCUT2D eigenvalue weighted by Gasteiger charge is 2.31. The number of nitrogens with one attached hydrogen (secondary N) is 1. The van der Waals surface area contributed by atoms with Gasteiger partial charge in [0.25, 0.3) is 0 Å². The number of ether oxygens (including phenoxy) is 1. The molecule has 1 rings (SSSR count). The van der Waals surface area contributed by atoms with Gasteiger partial charge in [0.15, 0.2) is 0 Å². The van der Waals surface area contributed by atoms with E-state index in [0.29, 0.717) is 6.54 Å². The van der Waals surface area contributed by atoms with Crippen molar-refractivity contribution >= 4 is 6.09 Å². The van der Waals surface area contributed by atoms with Crippen molar-refractivity contribution in [2.24, 2.45) is 5.41 Å². The second kappa shape index (κ2) is 7.64. The van der Waals surface area contributed by atoms with Gasteiger partial charge in [-0.1, -0.05) is 20.8 Å². The van der Waals surface area contributed by atoms with Crippen LogP contribution < -0.4 is 5.32 Å². The predicted molar refractivity (Wildman–Crippen MR) is 88.9 cm³/mol. The molecule has 1 aliphatic heterocycles. The summed E-state index contributed by atoms with van der Waals surface area (Å²) in [6.07, 6.45) is 2.53. The number of hydrogen-bond donors (Lipinski definition) is 2. The number of piperidine rings is 1. The molecule has 2 N–H and O–H groups in total. The quantitative estimate of drug-likeness (QED) is 0.837. The summed E-state index contributed by atoms with van der Waals surface area (Å²) in [5.41, 5.74) is -0.376. The minimum absolute atomic E-state index is 0.0803. The lowest BCUT2D eigenvalue weighted by atomic mass is 9.84. The molecular formula is C17H34N2O3. The average molecular weight is 314 g/mol. The van der Waals surface area contributed by atoms with Gasteiger partial charge in [-0.25, -0.2) is 4.79 Å². The van der Waals surface area contributed by atoms with Gasteiger partial charge in [-0.2, -0.15) is 0 Å². The Morgan fingerprint density at radius 2 is 1.95 bits per heavy atom. The van der Waals surface area contributed by atoms with E-state index in [9.17, 15) is 9.90 Å². The summed E-state index contributed by atoms with van der Waals surface area (Å²) in [7, 11) is 0. The van der Waals surface area contributed by atoms with Crippen molar-refractivity contribution in [3.8, 4) is 0 Å². The van der Waals surface area contributed by atoms with Gasteiger partial charge in [0.05, 0.1) is 0 Å². The van der Waals surface area contributed by atoms with E-state index in [1.165, 1.54) is 0 Å². The van der Waals surface area contributed by atoms with Gasteiger partial charge in [-0.05, 0) is 45.4 Å². The highest BCUT2D eigenvalue weighted by Crippen LogP contribution is 2.24. The van der Waals surface area contributed by atoms with E-state index in [0.717, 1.165) is 25.8 Å². The summed E-state index contributed by atoms with van der Waals surface area (Å²) in [6.45, 7) is 13.8. The zero-order valence-corrected chi connectivity index (χ0v) is 15.1. The van der Waals surface area contributed by atoms with Crippen LogP contribution in [0.25, 0.3) is 0 Å². The molecule has 0 aromatic heterocycles. The van der Waals surface area contributed by atoms with Crippen molar-refractivity contribution in [2.75, 3.05) is 19.7 Å². The highest BCUT2D eigenvalue weighted by atomic mass is 16.6. The Bertz CT molecular complexity index is 358. The van der Waals surface area contributed by atoms with E-state index in [-0.39, 0.29) is 30.2 Å². The number of aliphatic hydroxyl groups excluding tert-OH is 1. The number of hydrogen-bond acceptors (Lipinski definition) is 4. The molecule has 1 fully saturated rings. The average Bonchev–Trinajstić information content (AvgIpc) is 2.35. The van der Waals surface area contributed by atoms with Crippen LogP contribution in [0.2, 0.25) is 0 Å². The van der Waals surface area contributed by atoms with Crippen LogP contribution in [0.3, 0.4) is 0 Å². The van der Waals surface area contributed by atoms with Crippen molar-refractivity contribution in [2.45, 2.75) is 78.5 Å². The lowest BCUT2D eigenvalue weighted by Crippen LogP contribution is -2.54. The Morgan fingerprint density at radius 1 is 1.32 bits per heavy atom. The first-order valence-corrected chi connectivity index (χ1v) is 8.38. The lowest BCUT2D eigenvalue weighted by Gasteiger charge is -2.39. The smallest absolute Gasteiger partial charge is 0.410 e. The zero-order valence-electron chi connectivity index (χ0n) is 15.1. The first-order valence-electron chi connectivity index (χ1n) is 8.38. The van der Waals surface area contributed by atoms with Crippen molar-refractivity contribution in [3.05, 3.63) is 0 Å². The van der Waals surface area contributed by atoms with Crippen LogP contribution in [0.1, 0.15) is 60.8 Å². The summed E-state index contributed by atoms with van der Waals surface area (Å²) in [6, 6.07) is 0.498. The fraction of sp³-hybridized carbons (Fsp3) is 0.941. The molecule has 0 aliphatic carbocycles. The van der Waals surface area contributed by atoms with Crippen LogP contribution in [0.4, 0.5) is 4.79 Å².